The number of nitrogens with zero attached hydrogens (tertiary/aromatic N) is 4. The Hall–Kier alpha value is -4.30. The highest BCUT2D eigenvalue weighted by atomic mass is 32.1. The van der Waals surface area contributed by atoms with Crippen LogP contribution >= 0.6 is 11.3 Å². The van der Waals surface area contributed by atoms with Crippen molar-refractivity contribution in [2.24, 2.45) is 0 Å². The first-order chi connectivity index (χ1) is 17.6. The molecule has 0 N–H and O–H groups in total. The number of hydrogen-bond donors (Lipinski definition) is 0. The van der Waals surface area contributed by atoms with Crippen molar-refractivity contribution >= 4 is 38.4 Å². The summed E-state index contributed by atoms with van der Waals surface area (Å²) in [5.74, 6) is 0.423. The zero-order valence-electron chi connectivity index (χ0n) is 19.7. The van der Waals surface area contributed by atoms with Crippen LogP contribution in [0.25, 0.3) is 10.2 Å². The fourth-order valence-electron chi connectivity index (χ4n) is 3.98. The predicted octanol–water partition coefficient (Wildman–Crippen LogP) is 5.47. The normalized spacial score (nSPS) is 10.9. The van der Waals surface area contributed by atoms with Gasteiger partial charge in [-0.1, -0.05) is 59.9 Å². The fraction of sp³-hybridized carbons (Fsp3) is 0.143. The lowest BCUT2D eigenvalue weighted by molar-refractivity contribution is 0.0984. The number of hydrogen-bond acceptors (Lipinski definition) is 6. The summed E-state index contributed by atoms with van der Waals surface area (Å²) in [6.45, 7) is 1.20. The standard InChI is InChI=1S/C28H24N4O3S/c1-35-23-9-5-10-24-25(23)30-28(36-24)32(17-6-16-31-18-15-29-19-31)27(34)22-13-11-21(12-14-22)26(33)20-7-3-2-4-8-20/h2-5,7-15,18-19H,6,16-17H2,1H3. The Morgan fingerprint density at radius 2 is 1.69 bits per heavy atom. The maximum atomic E-state index is 13.7. The minimum absolute atomic E-state index is 0.0787. The van der Waals surface area contributed by atoms with E-state index in [1.807, 2.05) is 47.2 Å². The number of benzene rings is 3. The van der Waals surface area contributed by atoms with Crippen LogP contribution in [0, 0.1) is 0 Å². The molecule has 7 nitrogen and oxygen atoms in total. The Labute approximate surface area is 212 Å². The van der Waals surface area contributed by atoms with E-state index in [1.54, 1.807) is 60.9 Å². The number of fused-ring (bicyclic) bond motifs is 1. The van der Waals surface area contributed by atoms with Crippen molar-refractivity contribution < 1.29 is 14.3 Å². The third-order valence-electron chi connectivity index (χ3n) is 5.85. The number of rotatable bonds is 9. The summed E-state index contributed by atoms with van der Waals surface area (Å²) < 4.78 is 8.39. The number of thiazole rings is 1. The highest BCUT2D eigenvalue weighted by Gasteiger charge is 2.22. The highest BCUT2D eigenvalue weighted by Crippen LogP contribution is 2.34. The summed E-state index contributed by atoms with van der Waals surface area (Å²) in [5.41, 5.74) is 2.37. The van der Waals surface area contributed by atoms with Gasteiger partial charge in [-0.15, -0.1) is 0 Å². The number of para-hydroxylation sites is 1. The Bertz CT molecular complexity index is 1480. The van der Waals surface area contributed by atoms with E-state index < -0.39 is 0 Å². The molecule has 0 aliphatic rings. The number of methoxy groups -OCH3 is 1. The van der Waals surface area contributed by atoms with Gasteiger partial charge in [0.25, 0.3) is 5.91 Å². The van der Waals surface area contributed by atoms with Crippen LogP contribution < -0.4 is 9.64 Å². The van der Waals surface area contributed by atoms with Crippen molar-refractivity contribution in [1.82, 2.24) is 14.5 Å². The average Bonchev–Trinajstić information content (AvgIpc) is 3.61. The zero-order chi connectivity index (χ0) is 24.9. The Kier molecular flexibility index (Phi) is 6.86. The maximum Gasteiger partial charge on any atom is 0.260 e. The van der Waals surface area contributed by atoms with Crippen LogP contribution in [0.15, 0.2) is 91.5 Å². The summed E-state index contributed by atoms with van der Waals surface area (Å²) in [7, 11) is 1.61. The molecule has 3 aromatic carbocycles. The molecule has 0 saturated carbocycles. The first-order valence-corrected chi connectivity index (χ1v) is 12.4. The predicted molar refractivity (Wildman–Crippen MR) is 141 cm³/mol. The van der Waals surface area contributed by atoms with Gasteiger partial charge in [-0.25, -0.2) is 9.97 Å². The van der Waals surface area contributed by atoms with E-state index in [4.69, 9.17) is 9.72 Å². The van der Waals surface area contributed by atoms with Gasteiger partial charge in [-0.3, -0.25) is 14.5 Å². The van der Waals surface area contributed by atoms with Gasteiger partial charge < -0.3 is 9.30 Å². The largest absolute Gasteiger partial charge is 0.494 e. The number of carbonyl (C=O) groups is 2. The van der Waals surface area contributed by atoms with E-state index in [-0.39, 0.29) is 11.7 Å². The molecule has 2 heterocycles. The lowest BCUT2D eigenvalue weighted by Gasteiger charge is -2.20. The summed E-state index contributed by atoms with van der Waals surface area (Å²) in [6.07, 6.45) is 6.12. The second-order valence-corrected chi connectivity index (χ2v) is 9.20. The van der Waals surface area contributed by atoms with E-state index in [9.17, 15) is 9.59 Å². The van der Waals surface area contributed by atoms with Crippen LogP contribution in [0.2, 0.25) is 0 Å². The molecular weight excluding hydrogens is 472 g/mol. The molecule has 0 unspecified atom stereocenters. The Morgan fingerprint density at radius 1 is 0.944 bits per heavy atom. The summed E-state index contributed by atoms with van der Waals surface area (Å²) in [5, 5.41) is 0.606. The van der Waals surface area contributed by atoms with Crippen LogP contribution in [0.5, 0.6) is 5.75 Å². The molecule has 0 aliphatic carbocycles. The molecule has 0 saturated heterocycles. The molecule has 2 aromatic heterocycles. The third kappa shape index (κ3) is 4.89. The number of carbonyl (C=O) groups excluding carboxylic acids is 2. The molecule has 1 amide bonds. The van der Waals surface area contributed by atoms with Gasteiger partial charge in [-0.05, 0) is 30.7 Å². The van der Waals surface area contributed by atoms with Crippen LogP contribution in [0.1, 0.15) is 32.7 Å². The van der Waals surface area contributed by atoms with E-state index in [2.05, 4.69) is 4.98 Å². The first kappa shape index (κ1) is 23.4. The molecule has 8 heteroatoms. The first-order valence-electron chi connectivity index (χ1n) is 11.5. The minimum atomic E-state index is -0.169. The van der Waals surface area contributed by atoms with Crippen LogP contribution in [0.4, 0.5) is 5.13 Å². The number of ketones is 1. The van der Waals surface area contributed by atoms with Gasteiger partial charge in [0.05, 0.1) is 18.1 Å². The fourth-order valence-corrected chi connectivity index (χ4v) is 4.99. The van der Waals surface area contributed by atoms with Crippen LogP contribution in [-0.4, -0.2) is 39.9 Å². The van der Waals surface area contributed by atoms with Gasteiger partial charge in [-0.2, -0.15) is 0 Å². The lowest BCUT2D eigenvalue weighted by atomic mass is 10.0. The lowest BCUT2D eigenvalue weighted by Crippen LogP contribution is -2.32. The molecule has 0 atom stereocenters. The molecule has 0 bridgehead atoms. The molecule has 0 spiro atoms. The van der Waals surface area contributed by atoms with Gasteiger partial charge in [0.15, 0.2) is 10.9 Å². The van der Waals surface area contributed by atoms with Crippen molar-refractivity contribution in [2.45, 2.75) is 13.0 Å². The molecule has 0 aliphatic heterocycles. The Balaban J connectivity index is 1.42. The van der Waals surface area contributed by atoms with Crippen molar-refractivity contribution in [3.05, 3.63) is 108 Å². The van der Waals surface area contributed by atoms with E-state index >= 15 is 0 Å². The SMILES string of the molecule is COc1cccc2sc(N(CCCn3ccnc3)C(=O)c3ccc(C(=O)c4ccccc4)cc3)nc12. The maximum absolute atomic E-state index is 13.7. The second kappa shape index (κ2) is 10.5. The summed E-state index contributed by atoms with van der Waals surface area (Å²) in [6, 6.07) is 21.7. The number of amides is 1. The molecule has 36 heavy (non-hydrogen) atoms. The van der Waals surface area contributed by atoms with Gasteiger partial charge >= 0.3 is 0 Å². The number of imidazole rings is 1. The number of anilines is 1. The molecule has 0 fully saturated rings. The van der Waals surface area contributed by atoms with Crippen LogP contribution in [-0.2, 0) is 6.54 Å². The van der Waals surface area contributed by atoms with Crippen molar-refractivity contribution in [2.75, 3.05) is 18.6 Å². The molecule has 0 radical (unpaired) electrons. The third-order valence-corrected chi connectivity index (χ3v) is 6.90. The van der Waals surface area contributed by atoms with Crippen LogP contribution in [0.3, 0.4) is 0 Å². The van der Waals surface area contributed by atoms with Crippen molar-refractivity contribution in [3.8, 4) is 5.75 Å². The highest BCUT2D eigenvalue weighted by molar-refractivity contribution is 7.22. The number of aromatic nitrogens is 3. The zero-order valence-corrected chi connectivity index (χ0v) is 20.5. The quantitative estimate of drug-likeness (QED) is 0.253. The monoisotopic (exact) mass is 496 g/mol. The Morgan fingerprint density at radius 3 is 2.42 bits per heavy atom. The smallest absolute Gasteiger partial charge is 0.260 e. The summed E-state index contributed by atoms with van der Waals surface area (Å²) in [4.78, 5) is 37.0. The van der Waals surface area contributed by atoms with E-state index in [0.717, 1.165) is 23.2 Å². The van der Waals surface area contributed by atoms with E-state index in [0.29, 0.717) is 34.1 Å². The number of ether oxygens (including phenoxy) is 1. The van der Waals surface area contributed by atoms with Gasteiger partial charge in [0, 0.05) is 42.2 Å². The molecule has 5 aromatic rings. The van der Waals surface area contributed by atoms with Gasteiger partial charge in [0.2, 0.25) is 0 Å². The molecule has 5 rings (SSSR count). The topological polar surface area (TPSA) is 77.3 Å². The van der Waals surface area contributed by atoms with Crippen molar-refractivity contribution in [3.63, 3.8) is 0 Å². The minimum Gasteiger partial charge on any atom is -0.494 e. The second-order valence-electron chi connectivity index (χ2n) is 8.19. The van der Waals surface area contributed by atoms with Crippen molar-refractivity contribution in [1.29, 1.82) is 0 Å². The average molecular weight is 497 g/mol. The van der Waals surface area contributed by atoms with E-state index in [1.165, 1.54) is 11.3 Å². The number of aryl methyl sites for hydroxylation is 1. The molecule has 180 valence electrons. The summed E-state index contributed by atoms with van der Waals surface area (Å²) >= 11 is 1.45. The van der Waals surface area contributed by atoms with Gasteiger partial charge in [0.1, 0.15) is 11.3 Å². The molecular formula is C28H24N4O3S.